The molecule has 3 aromatic rings. The highest BCUT2D eigenvalue weighted by Crippen LogP contribution is 2.26. The van der Waals surface area contributed by atoms with Gasteiger partial charge in [-0.25, -0.2) is 4.98 Å². The topological polar surface area (TPSA) is 106 Å². The van der Waals surface area contributed by atoms with E-state index in [1.807, 2.05) is 6.07 Å². The minimum Gasteiger partial charge on any atom is -0.383 e. The second-order valence-electron chi connectivity index (χ2n) is 10.9. The van der Waals surface area contributed by atoms with E-state index < -0.39 is 0 Å². The van der Waals surface area contributed by atoms with Crippen LogP contribution in [0.5, 0.6) is 0 Å². The first-order chi connectivity index (χ1) is 18.4. The summed E-state index contributed by atoms with van der Waals surface area (Å²) in [7, 11) is 0. The van der Waals surface area contributed by atoms with E-state index in [4.69, 9.17) is 16.2 Å². The monoisotopic (exact) mass is 513 g/mol. The summed E-state index contributed by atoms with van der Waals surface area (Å²) in [5, 5.41) is 3.17. The van der Waals surface area contributed by atoms with Gasteiger partial charge in [-0.15, -0.1) is 0 Å². The highest BCUT2D eigenvalue weighted by Gasteiger charge is 2.30. The third kappa shape index (κ3) is 6.23. The number of amides is 1. The van der Waals surface area contributed by atoms with Crippen molar-refractivity contribution in [1.82, 2.24) is 15.2 Å². The fourth-order valence-electron chi connectivity index (χ4n) is 5.52. The van der Waals surface area contributed by atoms with E-state index in [0.717, 1.165) is 62.0 Å². The van der Waals surface area contributed by atoms with Crippen molar-refractivity contribution in [3.8, 4) is 11.1 Å². The van der Waals surface area contributed by atoms with Crippen LogP contribution >= 0.6 is 0 Å². The molecular weight excluding hydrogens is 474 g/mol. The molecule has 1 amide bonds. The summed E-state index contributed by atoms with van der Waals surface area (Å²) in [4.78, 5) is 20.0. The van der Waals surface area contributed by atoms with Gasteiger partial charge in [0.15, 0.2) is 0 Å². The predicted molar refractivity (Wildman–Crippen MR) is 152 cm³/mol. The Morgan fingerprint density at radius 2 is 1.82 bits per heavy atom. The van der Waals surface area contributed by atoms with Gasteiger partial charge in [-0.3, -0.25) is 9.69 Å². The lowest BCUT2D eigenvalue weighted by Crippen LogP contribution is -2.41. The molecule has 1 saturated heterocycles. The number of ether oxygens (including phenoxy) is 1. The van der Waals surface area contributed by atoms with Gasteiger partial charge in [0, 0.05) is 37.4 Å². The molecule has 1 aliphatic heterocycles. The molecular formula is C31H39N5O2. The molecule has 2 aliphatic rings. The van der Waals surface area contributed by atoms with Crippen LogP contribution < -0.4 is 16.8 Å². The fourth-order valence-corrected chi connectivity index (χ4v) is 5.52. The average Bonchev–Trinajstić information content (AvgIpc) is 3.53. The maximum absolute atomic E-state index is 13.3. The van der Waals surface area contributed by atoms with E-state index in [-0.39, 0.29) is 29.9 Å². The molecule has 1 unspecified atom stereocenters. The summed E-state index contributed by atoms with van der Waals surface area (Å²) in [5.41, 5.74) is 19.4. The maximum Gasteiger partial charge on any atom is 0.255 e. The Labute approximate surface area is 225 Å². The number of nitrogens with two attached hydrogens (primary N) is 2. The third-order valence-corrected chi connectivity index (χ3v) is 7.97. The minimum atomic E-state index is -0.203. The molecule has 7 nitrogen and oxygen atoms in total. The van der Waals surface area contributed by atoms with Crippen molar-refractivity contribution in [3.63, 3.8) is 0 Å². The number of carbonyl (C=O) groups excluding carboxylic acids is 1. The number of pyridine rings is 1. The van der Waals surface area contributed by atoms with Crippen LogP contribution in [0, 0.1) is 13.8 Å². The summed E-state index contributed by atoms with van der Waals surface area (Å²) in [6.07, 6.45) is 5.60. The number of nitrogens with zero attached hydrogens (tertiary/aromatic N) is 2. The van der Waals surface area contributed by atoms with Gasteiger partial charge in [0.2, 0.25) is 0 Å². The molecule has 0 bridgehead atoms. The van der Waals surface area contributed by atoms with Crippen LogP contribution in [-0.4, -0.2) is 47.1 Å². The smallest absolute Gasteiger partial charge is 0.255 e. The van der Waals surface area contributed by atoms with Crippen molar-refractivity contribution < 1.29 is 9.53 Å². The highest BCUT2D eigenvalue weighted by atomic mass is 16.5. The van der Waals surface area contributed by atoms with Crippen LogP contribution in [0.25, 0.3) is 11.1 Å². The number of nitrogen functional groups attached to an aromatic ring is 1. The van der Waals surface area contributed by atoms with Crippen LogP contribution in [-0.2, 0) is 17.9 Å². The number of hydrogen-bond donors (Lipinski definition) is 3. The lowest BCUT2D eigenvalue weighted by Gasteiger charge is -2.22. The first-order valence-electron chi connectivity index (χ1n) is 13.7. The molecule has 1 aliphatic carbocycles. The van der Waals surface area contributed by atoms with E-state index >= 15 is 0 Å². The molecule has 2 aromatic carbocycles. The molecule has 7 heteroatoms. The van der Waals surface area contributed by atoms with Gasteiger partial charge in [0.05, 0.1) is 24.3 Å². The Hall–Kier alpha value is -3.26. The molecule has 1 aromatic heterocycles. The number of aryl methyl sites for hydroxylation is 2. The second-order valence-corrected chi connectivity index (χ2v) is 10.9. The van der Waals surface area contributed by atoms with Gasteiger partial charge in [0.1, 0.15) is 5.82 Å². The Morgan fingerprint density at radius 3 is 2.55 bits per heavy atom. The molecule has 200 valence electrons. The maximum atomic E-state index is 13.3. The van der Waals surface area contributed by atoms with Crippen molar-refractivity contribution in [2.24, 2.45) is 5.73 Å². The zero-order chi connectivity index (χ0) is 26.6. The van der Waals surface area contributed by atoms with E-state index in [1.165, 1.54) is 16.7 Å². The van der Waals surface area contributed by atoms with Crippen LogP contribution in [0.3, 0.4) is 0 Å². The molecule has 5 rings (SSSR count). The van der Waals surface area contributed by atoms with Gasteiger partial charge in [-0.1, -0.05) is 42.5 Å². The number of anilines is 1. The summed E-state index contributed by atoms with van der Waals surface area (Å²) in [5.74, 6) is 0.0318. The first-order valence-corrected chi connectivity index (χ1v) is 13.7. The second kappa shape index (κ2) is 11.6. The van der Waals surface area contributed by atoms with Crippen molar-refractivity contribution in [1.29, 1.82) is 0 Å². The van der Waals surface area contributed by atoms with Crippen molar-refractivity contribution in [2.75, 3.05) is 18.8 Å². The van der Waals surface area contributed by atoms with Gasteiger partial charge in [-0.2, -0.15) is 0 Å². The Balaban J connectivity index is 1.22. The van der Waals surface area contributed by atoms with Crippen LogP contribution in [0.15, 0.2) is 54.7 Å². The Bertz CT molecular complexity index is 1280. The summed E-state index contributed by atoms with van der Waals surface area (Å²) < 4.78 is 6.25. The summed E-state index contributed by atoms with van der Waals surface area (Å²) in [6.45, 7) is 7.65. The van der Waals surface area contributed by atoms with Crippen molar-refractivity contribution in [2.45, 2.75) is 70.9 Å². The Kier molecular flexibility index (Phi) is 8.07. The molecule has 0 radical (unpaired) electrons. The van der Waals surface area contributed by atoms with E-state index in [2.05, 4.69) is 71.5 Å². The SMILES string of the molecule is Cc1ccc(CO[C@H]2CCC[C@@H]2NC(=O)c2cc(-c3ccc(CN4CCC(N)C4)cc3)cnc2N)cc1C. The molecule has 5 N–H and O–H groups in total. The number of carbonyl (C=O) groups is 1. The largest absolute Gasteiger partial charge is 0.383 e. The van der Waals surface area contributed by atoms with Gasteiger partial charge < -0.3 is 21.5 Å². The summed E-state index contributed by atoms with van der Waals surface area (Å²) >= 11 is 0. The summed E-state index contributed by atoms with van der Waals surface area (Å²) in [6, 6.07) is 16.9. The quantitative estimate of drug-likeness (QED) is 0.414. The molecule has 2 heterocycles. The molecule has 3 atom stereocenters. The number of benzene rings is 2. The molecule has 0 spiro atoms. The Morgan fingerprint density at radius 1 is 1.03 bits per heavy atom. The minimum absolute atomic E-state index is 0.0179. The number of aromatic nitrogens is 1. The van der Waals surface area contributed by atoms with Crippen molar-refractivity contribution >= 4 is 11.7 Å². The third-order valence-electron chi connectivity index (χ3n) is 7.97. The van der Waals surface area contributed by atoms with Crippen LogP contribution in [0.1, 0.15) is 58.3 Å². The van der Waals surface area contributed by atoms with E-state index in [1.54, 1.807) is 6.20 Å². The van der Waals surface area contributed by atoms with Crippen LogP contribution in [0.2, 0.25) is 0 Å². The predicted octanol–water partition coefficient (Wildman–Crippen LogP) is 4.35. The fraction of sp³-hybridized carbons (Fsp3) is 0.419. The van der Waals surface area contributed by atoms with Gasteiger partial charge in [0.25, 0.3) is 5.91 Å². The molecule has 38 heavy (non-hydrogen) atoms. The van der Waals surface area contributed by atoms with Crippen molar-refractivity contribution in [3.05, 3.63) is 82.5 Å². The normalized spacial score (nSPS) is 21.6. The number of likely N-dealkylation sites (tertiary alicyclic amines) is 1. The van der Waals surface area contributed by atoms with Gasteiger partial charge >= 0.3 is 0 Å². The number of rotatable bonds is 8. The van der Waals surface area contributed by atoms with E-state index in [9.17, 15) is 4.79 Å². The average molecular weight is 514 g/mol. The number of nitrogens with one attached hydrogen (secondary N) is 1. The lowest BCUT2D eigenvalue weighted by molar-refractivity contribution is 0.0272. The number of hydrogen-bond acceptors (Lipinski definition) is 6. The van der Waals surface area contributed by atoms with Crippen LogP contribution in [0.4, 0.5) is 5.82 Å². The first kappa shape index (κ1) is 26.4. The highest BCUT2D eigenvalue weighted by molar-refractivity contribution is 5.99. The molecule has 2 fully saturated rings. The standard InChI is InChI=1S/C31H39N5O2/c1-20-6-7-23(14-21(20)2)19-38-29-5-3-4-28(29)35-31(37)27-15-25(16-34-30(27)33)24-10-8-22(9-11-24)17-36-13-12-26(32)18-36/h6-11,14-16,26,28-29H,3-5,12-13,17-19,32H2,1-2H3,(H2,33,34)(H,35,37)/t26?,28-,29-/m0/s1. The zero-order valence-corrected chi connectivity index (χ0v) is 22.5. The lowest BCUT2D eigenvalue weighted by atomic mass is 10.0. The van der Waals surface area contributed by atoms with E-state index in [0.29, 0.717) is 12.2 Å². The van der Waals surface area contributed by atoms with Gasteiger partial charge in [-0.05, 0) is 73.4 Å². The zero-order valence-electron chi connectivity index (χ0n) is 22.5. The molecule has 1 saturated carbocycles.